The summed E-state index contributed by atoms with van der Waals surface area (Å²) in [6.07, 6.45) is 5.74. The predicted octanol–water partition coefficient (Wildman–Crippen LogP) is 4.54. The summed E-state index contributed by atoms with van der Waals surface area (Å²) >= 11 is 0. The minimum atomic E-state index is -0.254. The number of rotatable bonds is 6. The monoisotopic (exact) mass is 391 g/mol. The van der Waals surface area contributed by atoms with Gasteiger partial charge in [-0.1, -0.05) is 12.1 Å². The van der Waals surface area contributed by atoms with Crippen molar-refractivity contribution in [1.82, 2.24) is 14.9 Å². The third kappa shape index (κ3) is 4.80. The third-order valence-electron chi connectivity index (χ3n) is 5.73. The van der Waals surface area contributed by atoms with Gasteiger partial charge in [0.1, 0.15) is 11.6 Å². The third-order valence-corrected chi connectivity index (χ3v) is 5.73. The van der Waals surface area contributed by atoms with Crippen molar-refractivity contribution in [3.63, 3.8) is 0 Å². The van der Waals surface area contributed by atoms with Gasteiger partial charge in [0.15, 0.2) is 0 Å². The molecule has 2 aromatic heterocycles. The van der Waals surface area contributed by atoms with Crippen LogP contribution in [0.2, 0.25) is 0 Å². The van der Waals surface area contributed by atoms with E-state index in [0.29, 0.717) is 12.4 Å². The van der Waals surface area contributed by atoms with Crippen molar-refractivity contribution in [3.05, 3.63) is 89.8 Å². The highest BCUT2D eigenvalue weighted by Gasteiger charge is 2.38. The standard InChI is InChI=1S/C24H26FN3O/c1-19-5-6-20(16-27-19)17-28-14-11-24(12-15-28,23-4-2-3-13-26-23)18-29-22-9-7-21(25)8-10-22/h2-10,13,16H,11-12,14-15,17-18H2,1H3. The van der Waals surface area contributed by atoms with E-state index in [0.717, 1.165) is 43.9 Å². The number of hydrogen-bond donors (Lipinski definition) is 0. The zero-order valence-corrected chi connectivity index (χ0v) is 16.7. The van der Waals surface area contributed by atoms with Crippen LogP contribution in [0.3, 0.4) is 0 Å². The van der Waals surface area contributed by atoms with Gasteiger partial charge in [-0.3, -0.25) is 14.9 Å². The van der Waals surface area contributed by atoms with Crippen molar-refractivity contribution in [2.45, 2.75) is 31.7 Å². The lowest BCUT2D eigenvalue weighted by atomic mass is 9.76. The lowest BCUT2D eigenvalue weighted by Gasteiger charge is -2.41. The van der Waals surface area contributed by atoms with E-state index in [2.05, 4.69) is 33.1 Å². The van der Waals surface area contributed by atoms with E-state index >= 15 is 0 Å². The molecule has 1 saturated heterocycles. The number of aromatic nitrogens is 2. The van der Waals surface area contributed by atoms with Crippen LogP contribution in [0.4, 0.5) is 4.39 Å². The quantitative estimate of drug-likeness (QED) is 0.618. The fourth-order valence-corrected chi connectivity index (χ4v) is 3.89. The second-order valence-corrected chi connectivity index (χ2v) is 7.82. The van der Waals surface area contributed by atoms with Crippen LogP contribution in [0.15, 0.2) is 67.0 Å². The Bertz CT molecular complexity index is 905. The van der Waals surface area contributed by atoms with Gasteiger partial charge in [0.05, 0.1) is 6.61 Å². The average molecular weight is 391 g/mol. The van der Waals surface area contributed by atoms with E-state index in [1.165, 1.54) is 17.7 Å². The maximum Gasteiger partial charge on any atom is 0.123 e. The molecule has 0 saturated carbocycles. The van der Waals surface area contributed by atoms with Gasteiger partial charge < -0.3 is 4.74 Å². The molecule has 0 N–H and O–H groups in total. The van der Waals surface area contributed by atoms with Gasteiger partial charge in [-0.2, -0.15) is 0 Å². The Morgan fingerprint density at radius 3 is 2.45 bits per heavy atom. The van der Waals surface area contributed by atoms with Crippen LogP contribution in [0.1, 0.15) is 29.8 Å². The van der Waals surface area contributed by atoms with E-state index in [1.54, 1.807) is 12.1 Å². The fraction of sp³-hybridized carbons (Fsp3) is 0.333. The lowest BCUT2D eigenvalue weighted by molar-refractivity contribution is 0.104. The highest BCUT2D eigenvalue weighted by Crippen LogP contribution is 2.35. The molecule has 0 bridgehead atoms. The smallest absolute Gasteiger partial charge is 0.123 e. The molecule has 4 nitrogen and oxygen atoms in total. The van der Waals surface area contributed by atoms with E-state index in [9.17, 15) is 4.39 Å². The Hall–Kier alpha value is -2.79. The number of hydrogen-bond acceptors (Lipinski definition) is 4. The molecule has 1 aliphatic rings. The van der Waals surface area contributed by atoms with Gasteiger partial charge in [0, 0.05) is 35.7 Å². The maximum absolute atomic E-state index is 13.2. The summed E-state index contributed by atoms with van der Waals surface area (Å²) in [5.41, 5.74) is 3.21. The van der Waals surface area contributed by atoms with Crippen LogP contribution in [-0.2, 0) is 12.0 Å². The molecule has 4 rings (SSSR count). The number of likely N-dealkylation sites (tertiary alicyclic amines) is 1. The van der Waals surface area contributed by atoms with Crippen molar-refractivity contribution in [2.75, 3.05) is 19.7 Å². The fourth-order valence-electron chi connectivity index (χ4n) is 3.89. The molecule has 150 valence electrons. The van der Waals surface area contributed by atoms with E-state index in [1.807, 2.05) is 31.5 Å². The molecule has 0 radical (unpaired) electrons. The van der Waals surface area contributed by atoms with Crippen LogP contribution in [-0.4, -0.2) is 34.6 Å². The zero-order valence-electron chi connectivity index (χ0n) is 16.7. The summed E-state index contributed by atoms with van der Waals surface area (Å²) in [7, 11) is 0. The molecule has 1 aromatic carbocycles. The van der Waals surface area contributed by atoms with Crippen LogP contribution >= 0.6 is 0 Å². The summed E-state index contributed by atoms with van der Waals surface area (Å²) in [6.45, 7) is 5.39. The molecule has 1 aliphatic heterocycles. The number of aryl methyl sites for hydroxylation is 1. The maximum atomic E-state index is 13.2. The first kappa shape index (κ1) is 19.5. The first-order chi connectivity index (χ1) is 14.1. The van der Waals surface area contributed by atoms with Gasteiger partial charge in [-0.05, 0) is 80.9 Å². The molecule has 0 unspecified atom stereocenters. The molecule has 3 aromatic rings. The van der Waals surface area contributed by atoms with Crippen molar-refractivity contribution in [3.8, 4) is 5.75 Å². The number of nitrogens with zero attached hydrogens (tertiary/aromatic N) is 3. The number of pyridine rings is 2. The Morgan fingerprint density at radius 1 is 1.00 bits per heavy atom. The highest BCUT2D eigenvalue weighted by molar-refractivity contribution is 5.24. The topological polar surface area (TPSA) is 38.2 Å². The molecule has 29 heavy (non-hydrogen) atoms. The van der Waals surface area contributed by atoms with Crippen molar-refractivity contribution < 1.29 is 9.13 Å². The van der Waals surface area contributed by atoms with Crippen LogP contribution < -0.4 is 4.74 Å². The van der Waals surface area contributed by atoms with E-state index in [4.69, 9.17) is 4.74 Å². The minimum Gasteiger partial charge on any atom is -0.493 e. The normalized spacial score (nSPS) is 16.5. The largest absolute Gasteiger partial charge is 0.493 e. The van der Waals surface area contributed by atoms with Crippen molar-refractivity contribution in [1.29, 1.82) is 0 Å². The second kappa shape index (κ2) is 8.70. The van der Waals surface area contributed by atoms with Gasteiger partial charge in [-0.25, -0.2) is 4.39 Å². The molecule has 0 spiro atoms. The number of piperidine rings is 1. The average Bonchev–Trinajstić information content (AvgIpc) is 2.77. The summed E-state index contributed by atoms with van der Waals surface area (Å²) in [5, 5.41) is 0. The number of benzene rings is 1. The Morgan fingerprint density at radius 2 is 1.79 bits per heavy atom. The number of halogens is 1. The molecule has 0 amide bonds. The van der Waals surface area contributed by atoms with Gasteiger partial charge >= 0.3 is 0 Å². The number of ether oxygens (including phenoxy) is 1. The Kier molecular flexibility index (Phi) is 5.86. The van der Waals surface area contributed by atoms with Crippen LogP contribution in [0, 0.1) is 12.7 Å². The van der Waals surface area contributed by atoms with Crippen molar-refractivity contribution >= 4 is 0 Å². The molecule has 0 aliphatic carbocycles. The zero-order chi connectivity index (χ0) is 20.1. The van der Waals surface area contributed by atoms with Gasteiger partial charge in [0.2, 0.25) is 0 Å². The van der Waals surface area contributed by atoms with Gasteiger partial charge in [-0.15, -0.1) is 0 Å². The molecule has 3 heterocycles. The molecule has 1 fully saturated rings. The summed E-state index contributed by atoms with van der Waals surface area (Å²) in [5.74, 6) is 0.436. The van der Waals surface area contributed by atoms with Crippen molar-refractivity contribution in [2.24, 2.45) is 0 Å². The molecular formula is C24H26FN3O. The van der Waals surface area contributed by atoms with E-state index < -0.39 is 0 Å². The second-order valence-electron chi connectivity index (χ2n) is 7.82. The lowest BCUT2D eigenvalue weighted by Crippen LogP contribution is -2.46. The molecule has 5 heteroatoms. The Labute approximate surface area is 171 Å². The first-order valence-corrected chi connectivity index (χ1v) is 10.1. The van der Waals surface area contributed by atoms with Crippen LogP contribution in [0.5, 0.6) is 5.75 Å². The summed E-state index contributed by atoms with van der Waals surface area (Å²) in [6, 6.07) is 16.5. The molecule has 0 atom stereocenters. The summed E-state index contributed by atoms with van der Waals surface area (Å²) in [4.78, 5) is 11.5. The minimum absolute atomic E-state index is 0.141. The highest BCUT2D eigenvalue weighted by atomic mass is 19.1. The molecular weight excluding hydrogens is 365 g/mol. The Balaban J connectivity index is 1.46. The SMILES string of the molecule is Cc1ccc(CN2CCC(COc3ccc(F)cc3)(c3ccccn3)CC2)cn1. The summed E-state index contributed by atoms with van der Waals surface area (Å²) < 4.78 is 19.3. The van der Waals surface area contributed by atoms with E-state index in [-0.39, 0.29) is 11.2 Å². The predicted molar refractivity (Wildman–Crippen MR) is 111 cm³/mol. The van der Waals surface area contributed by atoms with Crippen LogP contribution in [0.25, 0.3) is 0 Å². The first-order valence-electron chi connectivity index (χ1n) is 10.1. The van der Waals surface area contributed by atoms with Gasteiger partial charge in [0.25, 0.3) is 0 Å².